The predicted octanol–water partition coefficient (Wildman–Crippen LogP) is 1.07. The Morgan fingerprint density at radius 3 is 3.15 bits per heavy atom. The fraction of sp³-hybridized carbons (Fsp3) is 0.286. The number of hydrogen-bond donors (Lipinski definition) is 2. The lowest BCUT2D eigenvalue weighted by Crippen LogP contribution is -2.35. The summed E-state index contributed by atoms with van der Waals surface area (Å²) < 4.78 is 1.93. The molecule has 2 heterocycles. The van der Waals surface area contributed by atoms with Crippen molar-refractivity contribution in [3.05, 3.63) is 40.6 Å². The van der Waals surface area contributed by atoms with Crippen molar-refractivity contribution in [2.24, 2.45) is 5.73 Å². The quantitative estimate of drug-likeness (QED) is 0.827. The zero-order valence-corrected chi connectivity index (χ0v) is 12.0. The first-order valence-corrected chi connectivity index (χ1v) is 7.06. The highest BCUT2D eigenvalue weighted by molar-refractivity contribution is 7.14. The van der Waals surface area contributed by atoms with Crippen LogP contribution in [0.1, 0.15) is 21.5 Å². The Morgan fingerprint density at radius 2 is 2.45 bits per heavy atom. The van der Waals surface area contributed by atoms with Gasteiger partial charge < -0.3 is 15.6 Å². The minimum absolute atomic E-state index is 0.0253. The molecule has 6 heteroatoms. The number of thiophene rings is 1. The highest BCUT2D eigenvalue weighted by Gasteiger charge is 2.12. The number of imidazole rings is 1. The highest BCUT2D eigenvalue weighted by atomic mass is 32.1. The fourth-order valence-corrected chi connectivity index (χ4v) is 2.50. The second kappa shape index (κ2) is 6.89. The summed E-state index contributed by atoms with van der Waals surface area (Å²) in [4.78, 5) is 17.5. The van der Waals surface area contributed by atoms with Crippen molar-refractivity contribution in [3.63, 3.8) is 0 Å². The van der Waals surface area contributed by atoms with E-state index in [-0.39, 0.29) is 11.9 Å². The molecule has 2 aromatic heterocycles. The zero-order chi connectivity index (χ0) is 14.4. The van der Waals surface area contributed by atoms with E-state index in [1.54, 1.807) is 18.6 Å². The maximum Gasteiger partial charge on any atom is 0.261 e. The molecule has 0 radical (unpaired) electrons. The van der Waals surface area contributed by atoms with Crippen LogP contribution < -0.4 is 11.1 Å². The third-order valence-corrected chi connectivity index (χ3v) is 3.56. The second-order valence-corrected chi connectivity index (χ2v) is 5.39. The van der Waals surface area contributed by atoms with Gasteiger partial charge in [0.1, 0.15) is 0 Å². The molecule has 3 N–H and O–H groups in total. The predicted molar refractivity (Wildman–Crippen MR) is 79.4 cm³/mol. The molecule has 0 spiro atoms. The molecule has 1 atom stereocenters. The van der Waals surface area contributed by atoms with Gasteiger partial charge in [0.25, 0.3) is 5.91 Å². The number of carbonyl (C=O) groups excluding carboxylic acids is 1. The van der Waals surface area contributed by atoms with Gasteiger partial charge in [-0.15, -0.1) is 11.3 Å². The van der Waals surface area contributed by atoms with E-state index >= 15 is 0 Å². The van der Waals surface area contributed by atoms with Crippen LogP contribution in [0.2, 0.25) is 0 Å². The summed E-state index contributed by atoms with van der Waals surface area (Å²) in [5.74, 6) is 5.61. The van der Waals surface area contributed by atoms with Crippen LogP contribution in [0.3, 0.4) is 0 Å². The summed E-state index contributed by atoms with van der Waals surface area (Å²) in [6.45, 7) is 2.97. The number of rotatable bonds is 4. The molecule has 0 aliphatic carbocycles. The summed E-state index contributed by atoms with van der Waals surface area (Å²) in [5, 5.41) is 2.95. The average molecular weight is 288 g/mol. The van der Waals surface area contributed by atoms with Crippen molar-refractivity contribution in [3.8, 4) is 11.8 Å². The molecule has 0 aromatic carbocycles. The Bertz CT molecular complexity index is 621. The first kappa shape index (κ1) is 14.3. The molecule has 0 aliphatic rings. The molecule has 20 heavy (non-hydrogen) atoms. The number of nitrogens with two attached hydrogens (primary N) is 1. The molecule has 0 saturated carbocycles. The normalized spacial score (nSPS) is 11.5. The Balaban J connectivity index is 1.92. The lowest BCUT2D eigenvalue weighted by atomic mass is 10.3. The number of nitrogens with one attached hydrogen (secondary N) is 1. The monoisotopic (exact) mass is 288 g/mol. The van der Waals surface area contributed by atoms with Gasteiger partial charge in [-0.1, -0.05) is 11.8 Å². The smallest absolute Gasteiger partial charge is 0.261 e. The van der Waals surface area contributed by atoms with Crippen molar-refractivity contribution < 1.29 is 4.79 Å². The van der Waals surface area contributed by atoms with Crippen molar-refractivity contribution in [1.82, 2.24) is 14.9 Å². The van der Waals surface area contributed by atoms with Gasteiger partial charge in [-0.05, 0) is 19.1 Å². The molecule has 0 saturated heterocycles. The van der Waals surface area contributed by atoms with Gasteiger partial charge >= 0.3 is 0 Å². The lowest BCUT2D eigenvalue weighted by molar-refractivity contribution is 0.0941. The fourth-order valence-electron chi connectivity index (χ4n) is 1.72. The minimum Gasteiger partial charge on any atom is -0.347 e. The van der Waals surface area contributed by atoms with Crippen LogP contribution in [0, 0.1) is 11.8 Å². The molecule has 2 rings (SSSR count). The largest absolute Gasteiger partial charge is 0.347 e. The third kappa shape index (κ3) is 3.95. The van der Waals surface area contributed by atoms with Crippen LogP contribution in [0.4, 0.5) is 0 Å². The van der Waals surface area contributed by atoms with E-state index in [1.807, 2.05) is 23.8 Å². The van der Waals surface area contributed by atoms with Gasteiger partial charge in [0, 0.05) is 25.0 Å². The number of nitrogens with zero attached hydrogens (tertiary/aromatic N) is 2. The maximum atomic E-state index is 12.1. The molecular formula is C14H16N4OS. The SMILES string of the molecule is CC(Cn1ccnc1)NC(=O)c1ccc(C#CCN)s1. The topological polar surface area (TPSA) is 72.9 Å². The Morgan fingerprint density at radius 1 is 1.60 bits per heavy atom. The summed E-state index contributed by atoms with van der Waals surface area (Å²) in [6, 6.07) is 3.64. The van der Waals surface area contributed by atoms with E-state index in [0.717, 1.165) is 4.88 Å². The van der Waals surface area contributed by atoms with E-state index in [0.29, 0.717) is 18.0 Å². The molecule has 104 valence electrons. The average Bonchev–Trinajstić information content (AvgIpc) is 3.07. The third-order valence-electron chi connectivity index (χ3n) is 2.56. The molecule has 2 aromatic rings. The molecule has 0 aliphatic heterocycles. The lowest BCUT2D eigenvalue weighted by Gasteiger charge is -2.13. The molecule has 0 fully saturated rings. The van der Waals surface area contributed by atoms with E-state index in [9.17, 15) is 4.79 Å². The van der Waals surface area contributed by atoms with E-state index in [4.69, 9.17) is 5.73 Å². The van der Waals surface area contributed by atoms with Crippen LogP contribution in [-0.2, 0) is 6.54 Å². The van der Waals surface area contributed by atoms with E-state index in [2.05, 4.69) is 22.1 Å². The van der Waals surface area contributed by atoms with Crippen LogP contribution in [-0.4, -0.2) is 28.0 Å². The Kier molecular flexibility index (Phi) is 4.93. The maximum absolute atomic E-state index is 12.1. The Labute approximate surface area is 121 Å². The van der Waals surface area contributed by atoms with Gasteiger partial charge in [0.05, 0.1) is 22.6 Å². The molecule has 1 amide bonds. The first-order chi connectivity index (χ1) is 9.69. The highest BCUT2D eigenvalue weighted by Crippen LogP contribution is 2.15. The van der Waals surface area contributed by atoms with Crippen molar-refractivity contribution >= 4 is 17.2 Å². The van der Waals surface area contributed by atoms with Crippen molar-refractivity contribution in [1.29, 1.82) is 0 Å². The standard InChI is InChI=1S/C14H16N4OS/c1-11(9-18-8-7-16-10-18)17-14(19)13-5-4-12(20-13)3-2-6-15/h4-5,7-8,10-11H,6,9,15H2,1H3,(H,17,19). The van der Waals surface area contributed by atoms with Gasteiger partial charge in [-0.25, -0.2) is 4.98 Å². The first-order valence-electron chi connectivity index (χ1n) is 6.24. The van der Waals surface area contributed by atoms with Crippen molar-refractivity contribution in [2.45, 2.75) is 19.5 Å². The van der Waals surface area contributed by atoms with Crippen LogP contribution in [0.5, 0.6) is 0 Å². The van der Waals surface area contributed by atoms with Gasteiger partial charge in [0.2, 0.25) is 0 Å². The summed E-state index contributed by atoms with van der Waals surface area (Å²) >= 11 is 1.37. The van der Waals surface area contributed by atoms with Crippen LogP contribution in [0.15, 0.2) is 30.9 Å². The van der Waals surface area contributed by atoms with Crippen LogP contribution >= 0.6 is 11.3 Å². The minimum atomic E-state index is -0.0802. The van der Waals surface area contributed by atoms with E-state index < -0.39 is 0 Å². The number of hydrogen-bond acceptors (Lipinski definition) is 4. The van der Waals surface area contributed by atoms with Crippen molar-refractivity contribution in [2.75, 3.05) is 6.54 Å². The number of amides is 1. The van der Waals surface area contributed by atoms with Gasteiger partial charge in [-0.2, -0.15) is 0 Å². The zero-order valence-electron chi connectivity index (χ0n) is 11.2. The van der Waals surface area contributed by atoms with Gasteiger partial charge in [-0.3, -0.25) is 4.79 Å². The number of carbonyl (C=O) groups is 1. The summed E-state index contributed by atoms with van der Waals surface area (Å²) in [6.07, 6.45) is 5.32. The van der Waals surface area contributed by atoms with Gasteiger partial charge in [0.15, 0.2) is 0 Å². The molecule has 1 unspecified atom stereocenters. The van der Waals surface area contributed by atoms with E-state index in [1.165, 1.54) is 11.3 Å². The number of aromatic nitrogens is 2. The van der Waals surface area contributed by atoms with Crippen LogP contribution in [0.25, 0.3) is 0 Å². The summed E-state index contributed by atoms with van der Waals surface area (Å²) in [7, 11) is 0. The molecule has 0 bridgehead atoms. The second-order valence-electron chi connectivity index (χ2n) is 4.30. The molecule has 5 nitrogen and oxygen atoms in total. The Hall–Kier alpha value is -2.10. The summed E-state index contributed by atoms with van der Waals surface area (Å²) in [5.41, 5.74) is 5.32. The molecular weight excluding hydrogens is 272 g/mol.